The summed E-state index contributed by atoms with van der Waals surface area (Å²) in [6.45, 7) is 10.3. The Hall–Kier alpha value is -1.09. The maximum atomic E-state index is 12.0. The van der Waals surface area contributed by atoms with E-state index in [0.717, 1.165) is 37.7 Å². The number of carboxylic acids is 1. The van der Waals surface area contributed by atoms with E-state index in [2.05, 4.69) is 26.5 Å². The average molecular weight is 318 g/mol. The number of hydrogen-bond donors (Lipinski definition) is 2. The maximum absolute atomic E-state index is 12.0. The smallest absolute Gasteiger partial charge is 0.309 e. The van der Waals surface area contributed by atoms with Crippen LogP contribution in [0.25, 0.3) is 0 Å². The van der Waals surface area contributed by atoms with Crippen LogP contribution >= 0.6 is 0 Å². The van der Waals surface area contributed by atoms with Gasteiger partial charge in [-0.25, -0.2) is 0 Å². The van der Waals surface area contributed by atoms with Crippen molar-refractivity contribution in [2.24, 2.45) is 28.1 Å². The minimum atomic E-state index is -0.710. The van der Waals surface area contributed by atoms with Gasteiger partial charge in [-0.15, -0.1) is 6.58 Å². The van der Waals surface area contributed by atoms with E-state index in [9.17, 15) is 15.0 Å². The van der Waals surface area contributed by atoms with E-state index in [1.165, 1.54) is 0 Å². The Labute approximate surface area is 139 Å². The maximum Gasteiger partial charge on any atom is 0.309 e. The summed E-state index contributed by atoms with van der Waals surface area (Å²) in [4.78, 5) is 12.0. The summed E-state index contributed by atoms with van der Waals surface area (Å²) in [6, 6.07) is 0. The molecule has 0 saturated heterocycles. The molecule has 3 aliphatic carbocycles. The summed E-state index contributed by atoms with van der Waals surface area (Å²) in [5.74, 6) is -0.338. The molecule has 0 bridgehead atoms. The molecule has 3 nitrogen and oxygen atoms in total. The summed E-state index contributed by atoms with van der Waals surface area (Å²) in [6.07, 6.45) is 9.10. The zero-order chi connectivity index (χ0) is 17.0. The Morgan fingerprint density at radius 1 is 1.30 bits per heavy atom. The molecule has 2 fully saturated rings. The van der Waals surface area contributed by atoms with Crippen molar-refractivity contribution in [1.82, 2.24) is 0 Å². The van der Waals surface area contributed by atoms with Gasteiger partial charge in [0, 0.05) is 5.41 Å². The van der Waals surface area contributed by atoms with Crippen molar-refractivity contribution in [2.75, 3.05) is 0 Å². The van der Waals surface area contributed by atoms with Crippen LogP contribution in [0.4, 0.5) is 0 Å². The summed E-state index contributed by atoms with van der Waals surface area (Å²) in [5.41, 5.74) is 0.380. The van der Waals surface area contributed by atoms with Crippen LogP contribution < -0.4 is 0 Å². The highest BCUT2D eigenvalue weighted by atomic mass is 16.4. The molecule has 0 radical (unpaired) electrons. The lowest BCUT2D eigenvalue weighted by molar-refractivity contribution is -0.168. The molecule has 0 unspecified atom stereocenters. The number of hydrogen-bond acceptors (Lipinski definition) is 2. The van der Waals surface area contributed by atoms with E-state index >= 15 is 0 Å². The summed E-state index contributed by atoms with van der Waals surface area (Å²) < 4.78 is 0. The first-order valence-corrected chi connectivity index (χ1v) is 8.94. The van der Waals surface area contributed by atoms with Crippen LogP contribution in [0.5, 0.6) is 0 Å². The largest absolute Gasteiger partial charge is 0.481 e. The van der Waals surface area contributed by atoms with Gasteiger partial charge >= 0.3 is 5.97 Å². The monoisotopic (exact) mass is 318 g/mol. The summed E-state index contributed by atoms with van der Waals surface area (Å²) in [5, 5.41) is 20.6. The minimum absolute atomic E-state index is 0.0149. The van der Waals surface area contributed by atoms with E-state index in [4.69, 9.17) is 0 Å². The van der Waals surface area contributed by atoms with E-state index in [1.54, 1.807) is 0 Å². The molecule has 0 aromatic rings. The van der Waals surface area contributed by atoms with E-state index < -0.39 is 17.5 Å². The van der Waals surface area contributed by atoms with Crippen molar-refractivity contribution in [1.29, 1.82) is 0 Å². The molecule has 6 atom stereocenters. The number of rotatable bonds is 2. The zero-order valence-corrected chi connectivity index (χ0v) is 14.6. The molecular weight excluding hydrogens is 288 g/mol. The molecule has 0 aromatic heterocycles. The van der Waals surface area contributed by atoms with Crippen LogP contribution in [0, 0.1) is 28.1 Å². The van der Waals surface area contributed by atoms with Crippen LogP contribution in [0.3, 0.4) is 0 Å². The Morgan fingerprint density at radius 2 is 2.00 bits per heavy atom. The Kier molecular flexibility index (Phi) is 3.79. The number of aliphatic hydroxyl groups is 1. The highest BCUT2D eigenvalue weighted by molar-refractivity contribution is 5.75. The van der Waals surface area contributed by atoms with Gasteiger partial charge in [-0.3, -0.25) is 4.79 Å². The second-order valence-electron chi connectivity index (χ2n) is 8.83. The first kappa shape index (κ1) is 16.8. The lowest BCUT2D eigenvalue weighted by Gasteiger charge is -2.60. The van der Waals surface area contributed by atoms with Crippen LogP contribution in [0.15, 0.2) is 24.3 Å². The molecule has 2 saturated carbocycles. The molecule has 0 spiro atoms. The predicted octanol–water partition coefficient (Wildman–Crippen LogP) is 4.18. The predicted molar refractivity (Wildman–Crippen MR) is 90.9 cm³/mol. The Balaban J connectivity index is 2.05. The Morgan fingerprint density at radius 3 is 2.61 bits per heavy atom. The number of carbonyl (C=O) groups is 1. The highest BCUT2D eigenvalue weighted by Gasteiger charge is 2.60. The minimum Gasteiger partial charge on any atom is -0.481 e. The zero-order valence-electron chi connectivity index (χ0n) is 14.6. The van der Waals surface area contributed by atoms with Gasteiger partial charge in [-0.1, -0.05) is 32.4 Å². The third-order valence-corrected chi connectivity index (χ3v) is 7.44. The first-order valence-electron chi connectivity index (χ1n) is 8.94. The molecule has 23 heavy (non-hydrogen) atoms. The molecule has 3 aliphatic rings. The van der Waals surface area contributed by atoms with Crippen molar-refractivity contribution in [3.63, 3.8) is 0 Å². The molecular formula is C20H30O3. The van der Waals surface area contributed by atoms with Crippen molar-refractivity contribution in [2.45, 2.75) is 65.4 Å². The quantitative estimate of drug-likeness (QED) is 0.751. The van der Waals surface area contributed by atoms with Crippen LogP contribution in [-0.2, 0) is 4.79 Å². The number of allylic oxidation sites excluding steroid dienone is 2. The van der Waals surface area contributed by atoms with Crippen LogP contribution in [0.2, 0.25) is 0 Å². The highest BCUT2D eigenvalue weighted by Crippen LogP contribution is 2.63. The second-order valence-corrected chi connectivity index (χ2v) is 8.83. The van der Waals surface area contributed by atoms with Gasteiger partial charge < -0.3 is 10.2 Å². The Bertz CT molecular complexity index is 565. The lowest BCUT2D eigenvalue weighted by Crippen LogP contribution is -2.57. The molecule has 0 aliphatic heterocycles. The van der Waals surface area contributed by atoms with Gasteiger partial charge in [0.1, 0.15) is 0 Å². The fourth-order valence-corrected chi connectivity index (χ4v) is 5.85. The molecule has 3 rings (SSSR count). The van der Waals surface area contributed by atoms with Gasteiger partial charge in [-0.2, -0.15) is 0 Å². The average Bonchev–Trinajstić information content (AvgIpc) is 2.50. The van der Waals surface area contributed by atoms with Gasteiger partial charge in [-0.05, 0) is 61.9 Å². The van der Waals surface area contributed by atoms with E-state index in [0.29, 0.717) is 12.3 Å². The van der Waals surface area contributed by atoms with Crippen LogP contribution in [-0.4, -0.2) is 22.3 Å². The van der Waals surface area contributed by atoms with Crippen molar-refractivity contribution in [3.8, 4) is 0 Å². The lowest BCUT2D eigenvalue weighted by atomic mass is 9.44. The van der Waals surface area contributed by atoms with E-state index in [1.807, 2.05) is 13.0 Å². The number of fused-ring (bicyclic) bond motifs is 3. The number of aliphatic carboxylic acids is 1. The fraction of sp³-hybridized carbons (Fsp3) is 0.750. The summed E-state index contributed by atoms with van der Waals surface area (Å²) >= 11 is 0. The molecule has 0 aromatic carbocycles. The van der Waals surface area contributed by atoms with Gasteiger partial charge in [0.15, 0.2) is 0 Å². The van der Waals surface area contributed by atoms with Crippen molar-refractivity contribution < 1.29 is 15.0 Å². The molecule has 0 amide bonds. The normalized spacial score (nSPS) is 49.6. The standard InChI is InChI=1S/C20H30O3/c1-5-18(2)10-7-14-13(12-18)15(21)11-16-19(14,3)8-6-9-20(16,4)17(22)23/h5,12,14-16,21H,1,6-11H2,2-4H3,(H,22,23)/t14-,15+,16+,18+,19+,20-/m0/s1. The summed E-state index contributed by atoms with van der Waals surface area (Å²) in [7, 11) is 0. The number of carboxylic acid groups (broad SMARTS) is 1. The van der Waals surface area contributed by atoms with Gasteiger partial charge in [0.2, 0.25) is 0 Å². The van der Waals surface area contributed by atoms with Crippen LogP contribution in [0.1, 0.15) is 59.3 Å². The first-order chi connectivity index (χ1) is 10.7. The molecule has 3 heteroatoms. The third-order valence-electron chi connectivity index (χ3n) is 7.44. The molecule has 128 valence electrons. The van der Waals surface area contributed by atoms with Crippen molar-refractivity contribution in [3.05, 3.63) is 24.3 Å². The second kappa shape index (κ2) is 5.20. The topological polar surface area (TPSA) is 57.5 Å². The fourth-order valence-electron chi connectivity index (χ4n) is 5.85. The van der Waals surface area contributed by atoms with Gasteiger partial charge in [0.25, 0.3) is 0 Å². The van der Waals surface area contributed by atoms with Crippen molar-refractivity contribution >= 4 is 5.97 Å². The number of aliphatic hydroxyl groups excluding tert-OH is 1. The molecule has 2 N–H and O–H groups in total. The van der Waals surface area contributed by atoms with E-state index in [-0.39, 0.29) is 16.7 Å². The third kappa shape index (κ3) is 2.31. The van der Waals surface area contributed by atoms with Gasteiger partial charge in [0.05, 0.1) is 11.5 Å². The molecule has 0 heterocycles. The SMILES string of the molecule is C=C[C@@]1(C)C=C2[C@H](O)C[C@@H]3[C@](C)(CCC[C@]3(C)C(=O)O)[C@H]2CC1.